The zero-order valence-electron chi connectivity index (χ0n) is 33.1. The molecule has 0 amide bonds. The van der Waals surface area contributed by atoms with Crippen molar-refractivity contribution in [1.82, 2.24) is 4.90 Å². The molecule has 0 aromatic rings. The highest BCUT2D eigenvalue weighted by atomic mass is 16.6. The highest BCUT2D eigenvalue weighted by Crippen LogP contribution is 2.75. The molecule has 2 bridgehead atoms. The number of nitrogens with two attached hydrogens (primary N) is 2. The van der Waals surface area contributed by atoms with Crippen LogP contribution in [0.15, 0.2) is 11.6 Å². The summed E-state index contributed by atoms with van der Waals surface area (Å²) in [7, 11) is 0. The van der Waals surface area contributed by atoms with Gasteiger partial charge in [-0.25, -0.2) is 0 Å². The molecular formula is C41H69N3O7. The Morgan fingerprint density at radius 2 is 1.69 bits per heavy atom. The average molecular weight is 716 g/mol. The van der Waals surface area contributed by atoms with E-state index in [1.54, 1.807) is 0 Å². The summed E-state index contributed by atoms with van der Waals surface area (Å²) >= 11 is 0. The van der Waals surface area contributed by atoms with Crippen LogP contribution in [0.25, 0.3) is 0 Å². The lowest BCUT2D eigenvalue weighted by molar-refractivity contribution is -0.284. The molecule has 0 unspecified atom stereocenters. The molecule has 0 radical (unpaired) electrons. The van der Waals surface area contributed by atoms with E-state index in [2.05, 4.69) is 53.4 Å². The lowest BCUT2D eigenvalue weighted by Gasteiger charge is -2.71. The molecule has 5 aliphatic rings. The first-order valence-electron chi connectivity index (χ1n) is 19.9. The molecule has 1 heterocycles. The number of ketones is 1. The van der Waals surface area contributed by atoms with E-state index in [-0.39, 0.29) is 47.6 Å². The topological polar surface area (TPSA) is 154 Å². The highest BCUT2D eigenvalue weighted by Gasteiger charge is 2.75. The van der Waals surface area contributed by atoms with Gasteiger partial charge >= 0.3 is 11.9 Å². The van der Waals surface area contributed by atoms with Gasteiger partial charge in [0.25, 0.3) is 0 Å². The summed E-state index contributed by atoms with van der Waals surface area (Å²) in [5, 5.41) is 11.0. The number of carbonyl (C=O) groups excluding carboxylic acids is 2. The van der Waals surface area contributed by atoms with Crippen LogP contribution in [0, 0.1) is 56.7 Å². The van der Waals surface area contributed by atoms with Crippen LogP contribution in [0.4, 0.5) is 0 Å². The first kappa shape index (κ1) is 40.3. The van der Waals surface area contributed by atoms with E-state index in [0.29, 0.717) is 32.7 Å². The maximum Gasteiger partial charge on any atom is 0.308 e. The number of rotatable bonds is 14. The van der Waals surface area contributed by atoms with Crippen molar-refractivity contribution in [2.45, 2.75) is 126 Å². The number of nitrogens with zero attached hydrogens (tertiary/aromatic N) is 1. The Labute approximate surface area is 307 Å². The summed E-state index contributed by atoms with van der Waals surface area (Å²) in [6, 6.07) is 0. The molecule has 10 heteroatoms. The summed E-state index contributed by atoms with van der Waals surface area (Å²) < 4.78 is 19.8. The van der Waals surface area contributed by atoms with Gasteiger partial charge in [-0.3, -0.25) is 14.4 Å². The maximum atomic E-state index is 15.0. The molecule has 0 aromatic heterocycles. The minimum Gasteiger partial charge on any atom is -0.481 e. The molecule has 0 aromatic carbocycles. The zero-order chi connectivity index (χ0) is 37.7. The van der Waals surface area contributed by atoms with Crippen LogP contribution in [0.3, 0.4) is 0 Å². The SMILES string of the molecule is CC(=O)O[C@@H]1C[C@]23C4=CC(=O)[C@@]5(C)[C@H](C(=O)O)[C@@](C)([C@H](C)C(C)C)CC[C@]5(C)[C@H]4CC[C@H]2[C@](C)(CO[C@H]3C)[C@H]1OCCN(CCCN)CCCN. The smallest absolute Gasteiger partial charge is 0.308 e. The second-order valence-corrected chi connectivity index (χ2v) is 18.3. The summed E-state index contributed by atoms with van der Waals surface area (Å²) in [5.74, 6) is -1.51. The van der Waals surface area contributed by atoms with Crippen LogP contribution in [-0.4, -0.2) is 92.0 Å². The minimum absolute atomic E-state index is 0.0136. The van der Waals surface area contributed by atoms with Gasteiger partial charge in [0, 0.05) is 29.7 Å². The standard InChI is InChI=1S/C41H69N3O7/c1-25(2)26(3)37(6)14-15-39(8)29-12-13-32-38(7)24-50-27(4)41(32,30(29)22-33(46)40(39,9)34(37)36(47)48)23-31(51-28(5)45)35(38)49-21-20-44(18-10-16-42)19-11-17-43/h22,25-27,29,31-32,34-35H,10-21,23-24,42-43H2,1-9H3,(H,47,48)/t26-,27+,29+,31-,32+,34-,35+,37-,38+,39-,40+,41+/m1/s1. The van der Waals surface area contributed by atoms with Crippen molar-refractivity contribution < 1.29 is 33.7 Å². The summed E-state index contributed by atoms with van der Waals surface area (Å²) in [4.78, 5) is 43.5. The molecule has 5 N–H and O–H groups in total. The minimum atomic E-state index is -1.07. The van der Waals surface area contributed by atoms with E-state index in [4.69, 9.17) is 25.7 Å². The molecule has 51 heavy (non-hydrogen) atoms. The van der Waals surface area contributed by atoms with Crippen molar-refractivity contribution in [2.75, 3.05) is 45.9 Å². The Morgan fingerprint density at radius 3 is 2.25 bits per heavy atom. The van der Waals surface area contributed by atoms with Crippen molar-refractivity contribution in [3.05, 3.63) is 11.6 Å². The number of carboxylic acid groups (broad SMARTS) is 1. The normalized spacial score (nSPS) is 42.5. The van der Waals surface area contributed by atoms with Crippen molar-refractivity contribution in [3.8, 4) is 0 Å². The van der Waals surface area contributed by atoms with Gasteiger partial charge in [0.1, 0.15) is 12.2 Å². The van der Waals surface area contributed by atoms with E-state index in [9.17, 15) is 19.5 Å². The molecule has 12 atom stereocenters. The van der Waals surface area contributed by atoms with Crippen molar-refractivity contribution >= 4 is 17.7 Å². The van der Waals surface area contributed by atoms with Crippen LogP contribution in [0.1, 0.15) is 107 Å². The largest absolute Gasteiger partial charge is 0.481 e. The molecule has 1 saturated heterocycles. The van der Waals surface area contributed by atoms with E-state index >= 15 is 0 Å². The Bertz CT molecular complexity index is 1350. The van der Waals surface area contributed by atoms with Crippen molar-refractivity contribution in [3.63, 3.8) is 0 Å². The fraction of sp³-hybridized carbons (Fsp3) is 0.878. The third-order valence-electron chi connectivity index (χ3n) is 15.8. The molecule has 10 nitrogen and oxygen atoms in total. The number of carboxylic acids is 1. The monoisotopic (exact) mass is 716 g/mol. The van der Waals surface area contributed by atoms with Gasteiger partial charge in [-0.1, -0.05) is 54.0 Å². The first-order chi connectivity index (χ1) is 23.9. The van der Waals surface area contributed by atoms with Crippen molar-refractivity contribution in [2.24, 2.45) is 68.1 Å². The Morgan fingerprint density at radius 1 is 1.04 bits per heavy atom. The second-order valence-electron chi connectivity index (χ2n) is 18.3. The van der Waals surface area contributed by atoms with Gasteiger partial charge in [0.15, 0.2) is 5.78 Å². The van der Waals surface area contributed by atoms with Gasteiger partial charge in [-0.05, 0) is 119 Å². The number of aliphatic carboxylic acids is 1. The molecule has 290 valence electrons. The molecular weight excluding hydrogens is 646 g/mol. The fourth-order valence-electron chi connectivity index (χ4n) is 12.6. The van der Waals surface area contributed by atoms with E-state index < -0.39 is 45.1 Å². The Kier molecular flexibility index (Phi) is 11.7. The number of fused-ring (bicyclic) bond motifs is 3. The van der Waals surface area contributed by atoms with Gasteiger partial charge in [0.2, 0.25) is 0 Å². The number of carbonyl (C=O) groups is 3. The van der Waals surface area contributed by atoms with Crippen molar-refractivity contribution in [1.29, 1.82) is 0 Å². The molecule has 0 spiro atoms. The van der Waals surface area contributed by atoms with Crippen LogP contribution in [-0.2, 0) is 28.6 Å². The molecule has 3 saturated carbocycles. The molecule has 4 aliphatic carbocycles. The Balaban J connectivity index is 1.55. The van der Waals surface area contributed by atoms with Gasteiger partial charge < -0.3 is 35.7 Å². The fourth-order valence-corrected chi connectivity index (χ4v) is 12.6. The van der Waals surface area contributed by atoms with Crippen LogP contribution in [0.5, 0.6) is 0 Å². The second kappa shape index (κ2) is 14.8. The zero-order valence-corrected chi connectivity index (χ0v) is 33.1. The lowest BCUT2D eigenvalue weighted by Crippen LogP contribution is -2.73. The van der Waals surface area contributed by atoms with Crippen LogP contribution in [0.2, 0.25) is 0 Å². The van der Waals surface area contributed by atoms with E-state index in [0.717, 1.165) is 63.7 Å². The maximum absolute atomic E-state index is 15.0. The average Bonchev–Trinajstić information content (AvgIpc) is 3.06. The number of esters is 1. The van der Waals surface area contributed by atoms with E-state index in [1.165, 1.54) is 6.92 Å². The Hall–Kier alpha value is -1.85. The van der Waals surface area contributed by atoms with E-state index in [1.807, 2.05) is 13.0 Å². The van der Waals surface area contributed by atoms with Gasteiger partial charge in [-0.2, -0.15) is 0 Å². The van der Waals surface area contributed by atoms with Gasteiger partial charge in [-0.15, -0.1) is 0 Å². The highest BCUT2D eigenvalue weighted by molar-refractivity contribution is 6.00. The molecule has 5 rings (SSSR count). The number of allylic oxidation sites excluding steroid dienone is 1. The lowest BCUT2D eigenvalue weighted by atomic mass is 9.33. The number of hydrogen-bond donors (Lipinski definition) is 3. The van der Waals surface area contributed by atoms with Crippen LogP contribution < -0.4 is 11.5 Å². The van der Waals surface area contributed by atoms with Gasteiger partial charge in [0.05, 0.1) is 25.2 Å². The molecule has 4 fully saturated rings. The number of hydrogen-bond acceptors (Lipinski definition) is 9. The number of ether oxygens (including phenoxy) is 3. The summed E-state index contributed by atoms with van der Waals surface area (Å²) in [6.45, 7) is 23.3. The third kappa shape index (κ3) is 6.24. The molecule has 1 aliphatic heterocycles. The van der Waals surface area contributed by atoms with Crippen LogP contribution >= 0.6 is 0 Å². The third-order valence-corrected chi connectivity index (χ3v) is 15.8. The quantitative estimate of drug-likeness (QED) is 0.198. The first-order valence-corrected chi connectivity index (χ1v) is 19.9. The summed E-state index contributed by atoms with van der Waals surface area (Å²) in [6.07, 6.45) is 6.40. The summed E-state index contributed by atoms with van der Waals surface area (Å²) in [5.41, 5.74) is 9.59. The predicted molar refractivity (Wildman–Crippen MR) is 198 cm³/mol. The predicted octanol–water partition coefficient (Wildman–Crippen LogP) is 5.46.